The van der Waals surface area contributed by atoms with Crippen LogP contribution in [-0.2, 0) is 36.1 Å². The first kappa shape index (κ1) is 36.3. The Bertz CT molecular complexity index is 2440. The first-order chi connectivity index (χ1) is 24.7. The van der Waals surface area contributed by atoms with Crippen molar-refractivity contribution in [3.63, 3.8) is 0 Å². The van der Waals surface area contributed by atoms with E-state index < -0.39 is 50.5 Å². The van der Waals surface area contributed by atoms with Gasteiger partial charge in [-0.15, -0.1) is 23.2 Å². The fourth-order valence-corrected chi connectivity index (χ4v) is 9.51. The molecule has 2 aromatic heterocycles. The van der Waals surface area contributed by atoms with Crippen molar-refractivity contribution >= 4 is 77.9 Å². The predicted octanol–water partition coefficient (Wildman–Crippen LogP) is 3.14. The number of hydrogen-bond acceptors (Lipinski definition) is 10. The molecule has 4 aromatic rings. The second kappa shape index (κ2) is 12.8. The molecule has 2 fully saturated rings. The highest BCUT2D eigenvalue weighted by atomic mass is 79.9. The number of aryl methyl sites for hydroxylation is 2. The Balaban J connectivity index is 1.34. The molecule has 1 saturated heterocycles. The lowest BCUT2D eigenvalue weighted by molar-refractivity contribution is -0.138. The lowest BCUT2D eigenvalue weighted by Gasteiger charge is -2.49. The van der Waals surface area contributed by atoms with E-state index >= 15 is 0 Å². The number of aromatic nitrogens is 5. The number of aromatic hydroxyl groups is 1. The van der Waals surface area contributed by atoms with Crippen LogP contribution in [0.1, 0.15) is 29.6 Å². The number of likely N-dealkylation sites (tertiary alicyclic amines) is 1. The number of alkyl halides is 3. The number of benzene rings is 2. The molecule has 1 saturated carbocycles. The average molecular weight is 885 g/mol. The molecular weight excluding hydrogens is 855 g/mol. The highest BCUT2D eigenvalue weighted by Gasteiger charge is 2.75. The summed E-state index contributed by atoms with van der Waals surface area (Å²) in [7, 11) is 5.89. The first-order valence-electron chi connectivity index (χ1n) is 15.8. The van der Waals surface area contributed by atoms with Crippen LogP contribution in [0.3, 0.4) is 0 Å². The van der Waals surface area contributed by atoms with E-state index in [4.69, 9.17) is 37.4 Å². The van der Waals surface area contributed by atoms with Crippen molar-refractivity contribution in [2.75, 3.05) is 26.8 Å². The zero-order chi connectivity index (χ0) is 37.6. The van der Waals surface area contributed by atoms with E-state index in [1.54, 1.807) is 31.3 Å². The summed E-state index contributed by atoms with van der Waals surface area (Å²) in [6.07, 6.45) is 1.25. The summed E-state index contributed by atoms with van der Waals surface area (Å²) in [4.78, 5) is 70.6. The molecule has 274 valence electrons. The SMILES string of the molecule is COc1cc2nc(CCn3c(=O)n4n(c3=O)[C@@H]3C[C@@]5(Cl)C(=O)N(CBr)C(=O)[C@@]5(Cl)[C@@H](c5cc(Br)cc(OC)c5O)C3=CC4)c(=O)n(C)c2cc1OC. The number of carbonyl (C=O) groups excluding carboxylic acids is 2. The predicted molar refractivity (Wildman–Crippen MR) is 196 cm³/mol. The summed E-state index contributed by atoms with van der Waals surface area (Å²) in [5, 5.41) is 11.4. The lowest BCUT2D eigenvalue weighted by atomic mass is 9.64. The third-order valence-corrected chi connectivity index (χ3v) is 12.6. The van der Waals surface area contributed by atoms with E-state index in [2.05, 4.69) is 36.8 Å². The number of allylic oxidation sites excluding steroid dienone is 2. The maximum absolute atomic E-state index is 14.3. The van der Waals surface area contributed by atoms with Gasteiger partial charge in [0.25, 0.3) is 17.4 Å². The average Bonchev–Trinajstić information content (AvgIpc) is 3.46. The minimum absolute atomic E-state index is 0.0590. The van der Waals surface area contributed by atoms with Crippen molar-refractivity contribution in [1.29, 1.82) is 0 Å². The zero-order valence-corrected chi connectivity index (χ0v) is 32.7. The maximum Gasteiger partial charge on any atom is 0.347 e. The number of halogens is 4. The van der Waals surface area contributed by atoms with E-state index in [-0.39, 0.29) is 54.1 Å². The van der Waals surface area contributed by atoms with E-state index in [1.807, 2.05) is 0 Å². The molecule has 15 nitrogen and oxygen atoms in total. The fourth-order valence-electron chi connectivity index (χ4n) is 7.66. The quantitative estimate of drug-likeness (QED) is 0.120. The third-order valence-electron chi connectivity index (χ3n) is 10.2. The number of phenolic OH excluding ortho intramolecular Hbond substituents is 1. The van der Waals surface area contributed by atoms with Gasteiger partial charge < -0.3 is 23.9 Å². The molecule has 2 aromatic carbocycles. The van der Waals surface area contributed by atoms with Gasteiger partial charge in [-0.05, 0) is 17.7 Å². The van der Waals surface area contributed by atoms with Crippen LogP contribution in [0, 0.1) is 0 Å². The van der Waals surface area contributed by atoms with Crippen LogP contribution in [0.25, 0.3) is 11.0 Å². The Morgan fingerprint density at radius 3 is 2.29 bits per heavy atom. The molecule has 0 radical (unpaired) electrons. The summed E-state index contributed by atoms with van der Waals surface area (Å²) < 4.78 is 21.4. The third kappa shape index (κ3) is 4.88. The Kier molecular flexibility index (Phi) is 8.94. The monoisotopic (exact) mass is 882 g/mol. The van der Waals surface area contributed by atoms with Crippen molar-refractivity contribution < 1.29 is 28.9 Å². The molecule has 4 atom stereocenters. The highest BCUT2D eigenvalue weighted by Crippen LogP contribution is 2.64. The van der Waals surface area contributed by atoms with E-state index in [1.165, 1.54) is 41.3 Å². The number of rotatable bonds is 8. The molecule has 0 bridgehead atoms. The van der Waals surface area contributed by atoms with Crippen LogP contribution in [0.2, 0.25) is 0 Å². The Morgan fingerprint density at radius 1 is 0.962 bits per heavy atom. The minimum atomic E-state index is -2.14. The van der Waals surface area contributed by atoms with E-state index in [0.29, 0.717) is 32.6 Å². The van der Waals surface area contributed by atoms with E-state index in [9.17, 15) is 29.1 Å². The largest absolute Gasteiger partial charge is 0.504 e. The molecular formula is C33H30Br2Cl2N6O9. The summed E-state index contributed by atoms with van der Waals surface area (Å²) in [5.74, 6) is -2.30. The van der Waals surface area contributed by atoms with Crippen LogP contribution in [0.15, 0.2) is 54.8 Å². The molecule has 0 unspecified atom stereocenters. The minimum Gasteiger partial charge on any atom is -0.504 e. The van der Waals surface area contributed by atoms with Crippen molar-refractivity contribution in [1.82, 2.24) is 28.4 Å². The molecule has 52 heavy (non-hydrogen) atoms. The van der Waals surface area contributed by atoms with Gasteiger partial charge in [-0.3, -0.25) is 19.3 Å². The van der Waals surface area contributed by atoms with Crippen molar-refractivity contribution in [2.24, 2.45) is 7.05 Å². The van der Waals surface area contributed by atoms with Crippen LogP contribution >= 0.6 is 55.1 Å². The van der Waals surface area contributed by atoms with Gasteiger partial charge in [0.15, 0.2) is 32.7 Å². The molecule has 4 heterocycles. The lowest BCUT2D eigenvalue weighted by Crippen LogP contribution is -2.59. The smallest absolute Gasteiger partial charge is 0.347 e. The molecule has 1 N–H and O–H groups in total. The molecule has 2 aliphatic heterocycles. The summed E-state index contributed by atoms with van der Waals surface area (Å²) >= 11 is 21.1. The molecule has 19 heteroatoms. The molecule has 7 rings (SSSR count). The van der Waals surface area contributed by atoms with Gasteiger partial charge in [0.1, 0.15) is 5.69 Å². The Hall–Kier alpha value is -4.06. The normalized spacial score (nSPS) is 23.7. The van der Waals surface area contributed by atoms with Gasteiger partial charge in [-0.2, -0.15) is 0 Å². The molecule has 3 aliphatic rings. The highest BCUT2D eigenvalue weighted by molar-refractivity contribution is 9.10. The zero-order valence-electron chi connectivity index (χ0n) is 28.0. The fraction of sp³-hybridized carbons (Fsp3) is 0.394. The molecule has 2 amide bonds. The standard InChI is InChI=1S/C33H30Br2Cl2N6O9/c1-39-20-12-23(51-3)22(50-2)11-19(20)38-18(27(39)45)6-7-40-30(48)42-8-5-16-21(43(42)31(40)49)13-32(36)28(46)41(14-34)29(47)33(32,37)25(16)17-9-15(35)10-24(52-4)26(17)44/h5,9-12,21,25,44H,6-8,13-14H2,1-4H3/t21-,25-,32-,33+/m1/s1. The number of phenols is 1. The number of fused-ring (bicyclic) bond motifs is 5. The van der Waals surface area contributed by atoms with Crippen LogP contribution < -0.4 is 31.1 Å². The molecule has 1 aliphatic carbocycles. The second-order valence-corrected chi connectivity index (χ2v) is 15.2. The van der Waals surface area contributed by atoms with Gasteiger partial charge in [0, 0.05) is 54.5 Å². The maximum atomic E-state index is 14.3. The van der Waals surface area contributed by atoms with Crippen LogP contribution in [0.5, 0.6) is 23.0 Å². The van der Waals surface area contributed by atoms with E-state index in [0.717, 1.165) is 9.47 Å². The summed E-state index contributed by atoms with van der Waals surface area (Å²) in [6.45, 7) is -0.319. The van der Waals surface area contributed by atoms with Gasteiger partial charge in [-0.25, -0.2) is 28.5 Å². The van der Waals surface area contributed by atoms with Crippen molar-refractivity contribution in [3.8, 4) is 23.0 Å². The van der Waals surface area contributed by atoms with Gasteiger partial charge >= 0.3 is 11.4 Å². The number of methoxy groups -OCH3 is 3. The van der Waals surface area contributed by atoms with Gasteiger partial charge in [0.2, 0.25) is 0 Å². The number of hydrogen-bond donors (Lipinski definition) is 1. The number of amides is 2. The Labute approximate surface area is 321 Å². The summed E-state index contributed by atoms with van der Waals surface area (Å²) in [6, 6.07) is 5.28. The summed E-state index contributed by atoms with van der Waals surface area (Å²) in [5.41, 5.74) is -0.490. The number of ether oxygens (including phenoxy) is 3. The van der Waals surface area contributed by atoms with Crippen LogP contribution in [-0.4, -0.2) is 81.8 Å². The number of imide groups is 1. The topological polar surface area (TPSA) is 169 Å². The number of carbonyl (C=O) groups is 2. The van der Waals surface area contributed by atoms with Crippen molar-refractivity contribution in [3.05, 3.63) is 83.0 Å². The number of nitrogens with zero attached hydrogens (tertiary/aromatic N) is 6. The first-order valence-corrected chi connectivity index (χ1v) is 18.5. The van der Waals surface area contributed by atoms with Crippen LogP contribution in [0.4, 0.5) is 0 Å². The van der Waals surface area contributed by atoms with Gasteiger partial charge in [0.05, 0.1) is 50.4 Å². The second-order valence-electron chi connectivity index (χ2n) is 12.6. The Morgan fingerprint density at radius 2 is 1.63 bits per heavy atom. The van der Waals surface area contributed by atoms with Crippen molar-refractivity contribution in [2.45, 2.75) is 47.6 Å². The molecule has 0 spiro atoms. The van der Waals surface area contributed by atoms with Gasteiger partial charge in [-0.1, -0.05) is 37.9 Å².